The molecule has 1 aliphatic heterocycles. The van der Waals surface area contributed by atoms with Crippen molar-refractivity contribution in [2.45, 2.75) is 26.1 Å². The number of halogens is 1. The van der Waals surface area contributed by atoms with Crippen molar-refractivity contribution in [2.75, 3.05) is 13.1 Å². The maximum Gasteiger partial charge on any atom is 0.293 e. The van der Waals surface area contributed by atoms with Crippen LogP contribution in [0.4, 0.5) is 4.39 Å². The molecule has 1 aromatic carbocycles. The van der Waals surface area contributed by atoms with Crippen molar-refractivity contribution in [3.05, 3.63) is 53.4 Å². The predicted octanol–water partition coefficient (Wildman–Crippen LogP) is 3.38. The molecule has 0 N–H and O–H groups in total. The topological polar surface area (TPSA) is 60.2 Å². The highest BCUT2D eigenvalue weighted by atomic mass is 32.1. The summed E-state index contributed by atoms with van der Waals surface area (Å²) < 4.78 is 20.9. The Bertz CT molecular complexity index is 947. The Kier molecular flexibility index (Phi) is 4.75. The van der Waals surface area contributed by atoms with Gasteiger partial charge in [-0.3, -0.25) is 4.79 Å². The van der Waals surface area contributed by atoms with Crippen LogP contribution in [0.3, 0.4) is 0 Å². The SMILES string of the molecule is CC1CN(C(=O)c2nc(-c3cccs3)n(-c3cccc(F)c3)n2)CC(C)O1. The van der Waals surface area contributed by atoms with Gasteiger partial charge in [0, 0.05) is 13.1 Å². The number of benzene rings is 1. The van der Waals surface area contributed by atoms with E-state index in [0.29, 0.717) is 24.6 Å². The average Bonchev–Trinajstić information content (AvgIpc) is 3.29. The number of hydrogen-bond donors (Lipinski definition) is 0. The van der Waals surface area contributed by atoms with E-state index >= 15 is 0 Å². The average molecular weight is 386 g/mol. The number of nitrogens with zero attached hydrogens (tertiary/aromatic N) is 4. The number of rotatable bonds is 3. The van der Waals surface area contributed by atoms with E-state index in [0.717, 1.165) is 4.88 Å². The number of aromatic nitrogens is 3. The van der Waals surface area contributed by atoms with Crippen molar-refractivity contribution in [1.82, 2.24) is 19.7 Å². The normalized spacial score (nSPS) is 20.0. The summed E-state index contributed by atoms with van der Waals surface area (Å²) in [5.41, 5.74) is 0.522. The smallest absolute Gasteiger partial charge is 0.293 e. The van der Waals surface area contributed by atoms with E-state index in [-0.39, 0.29) is 29.8 Å². The molecule has 6 nitrogen and oxygen atoms in total. The summed E-state index contributed by atoms with van der Waals surface area (Å²) in [5, 5.41) is 6.34. The van der Waals surface area contributed by atoms with Crippen molar-refractivity contribution < 1.29 is 13.9 Å². The van der Waals surface area contributed by atoms with E-state index in [1.165, 1.54) is 28.2 Å². The van der Waals surface area contributed by atoms with Crippen LogP contribution in [-0.4, -0.2) is 50.9 Å². The fourth-order valence-corrected chi connectivity index (χ4v) is 3.94. The van der Waals surface area contributed by atoms with E-state index in [9.17, 15) is 9.18 Å². The van der Waals surface area contributed by atoms with Gasteiger partial charge in [-0.25, -0.2) is 14.1 Å². The minimum Gasteiger partial charge on any atom is -0.372 e. The Morgan fingerprint density at radius 3 is 2.67 bits per heavy atom. The van der Waals surface area contributed by atoms with Crippen LogP contribution >= 0.6 is 11.3 Å². The minimum atomic E-state index is -0.371. The maximum atomic E-state index is 13.7. The Balaban J connectivity index is 1.74. The van der Waals surface area contributed by atoms with E-state index in [1.807, 2.05) is 31.4 Å². The third-order valence-electron chi connectivity index (χ3n) is 4.30. The molecule has 27 heavy (non-hydrogen) atoms. The summed E-state index contributed by atoms with van der Waals surface area (Å²) in [4.78, 5) is 20.0. The second kappa shape index (κ2) is 7.21. The van der Waals surface area contributed by atoms with Gasteiger partial charge in [-0.15, -0.1) is 16.4 Å². The lowest BCUT2D eigenvalue weighted by molar-refractivity contribution is -0.0588. The van der Waals surface area contributed by atoms with Gasteiger partial charge in [0.15, 0.2) is 5.82 Å². The summed E-state index contributed by atoms with van der Waals surface area (Å²) in [6.45, 7) is 4.86. The van der Waals surface area contributed by atoms with Crippen LogP contribution in [0.25, 0.3) is 16.4 Å². The molecule has 2 aromatic heterocycles. The molecule has 8 heteroatoms. The number of amides is 1. The number of hydrogen-bond acceptors (Lipinski definition) is 5. The Hall–Kier alpha value is -2.58. The first-order valence-electron chi connectivity index (χ1n) is 8.73. The van der Waals surface area contributed by atoms with Crippen LogP contribution in [0, 0.1) is 5.82 Å². The summed E-state index contributed by atoms with van der Waals surface area (Å²) >= 11 is 1.49. The molecule has 0 radical (unpaired) electrons. The van der Waals surface area contributed by atoms with Crippen LogP contribution in [0.5, 0.6) is 0 Å². The maximum absolute atomic E-state index is 13.7. The van der Waals surface area contributed by atoms with Crippen LogP contribution in [-0.2, 0) is 4.74 Å². The molecule has 0 saturated carbocycles. The quantitative estimate of drug-likeness (QED) is 0.692. The van der Waals surface area contributed by atoms with Crippen molar-refractivity contribution in [3.8, 4) is 16.4 Å². The number of carbonyl (C=O) groups excluding carboxylic acids is 1. The molecule has 0 spiro atoms. The van der Waals surface area contributed by atoms with Crippen LogP contribution in [0.2, 0.25) is 0 Å². The van der Waals surface area contributed by atoms with Gasteiger partial charge in [-0.1, -0.05) is 12.1 Å². The molecule has 1 aliphatic rings. The molecule has 2 unspecified atom stereocenters. The fraction of sp³-hybridized carbons (Fsp3) is 0.316. The third kappa shape index (κ3) is 3.63. The molecule has 3 heterocycles. The molecule has 1 saturated heterocycles. The summed E-state index contributed by atoms with van der Waals surface area (Å²) in [6, 6.07) is 9.89. The lowest BCUT2D eigenvalue weighted by Crippen LogP contribution is -2.48. The second-order valence-corrected chi connectivity index (χ2v) is 7.54. The van der Waals surface area contributed by atoms with Gasteiger partial charge in [0.25, 0.3) is 5.91 Å². The zero-order valence-electron chi connectivity index (χ0n) is 15.0. The van der Waals surface area contributed by atoms with E-state index in [2.05, 4.69) is 10.1 Å². The third-order valence-corrected chi connectivity index (χ3v) is 5.17. The molecule has 0 bridgehead atoms. The molecule has 4 rings (SSSR count). The first-order valence-corrected chi connectivity index (χ1v) is 9.61. The number of carbonyl (C=O) groups is 1. The predicted molar refractivity (Wildman–Crippen MR) is 101 cm³/mol. The van der Waals surface area contributed by atoms with Crippen LogP contribution < -0.4 is 0 Å². The number of morpholine rings is 1. The zero-order valence-corrected chi connectivity index (χ0v) is 15.8. The molecule has 1 amide bonds. The van der Waals surface area contributed by atoms with Gasteiger partial charge in [0.2, 0.25) is 5.82 Å². The fourth-order valence-electron chi connectivity index (χ4n) is 3.24. The van der Waals surface area contributed by atoms with Crippen molar-refractivity contribution in [1.29, 1.82) is 0 Å². The van der Waals surface area contributed by atoms with Crippen LogP contribution in [0.15, 0.2) is 41.8 Å². The van der Waals surface area contributed by atoms with E-state index < -0.39 is 0 Å². The first-order chi connectivity index (χ1) is 13.0. The van der Waals surface area contributed by atoms with Crippen molar-refractivity contribution in [2.24, 2.45) is 0 Å². The Morgan fingerprint density at radius 2 is 2.00 bits per heavy atom. The summed E-state index contributed by atoms with van der Waals surface area (Å²) in [7, 11) is 0. The highest BCUT2D eigenvalue weighted by Crippen LogP contribution is 2.26. The van der Waals surface area contributed by atoms with Crippen molar-refractivity contribution >= 4 is 17.2 Å². The highest BCUT2D eigenvalue weighted by Gasteiger charge is 2.30. The summed E-state index contributed by atoms with van der Waals surface area (Å²) in [6.07, 6.45) is -0.0838. The van der Waals surface area contributed by atoms with E-state index in [1.54, 1.807) is 17.0 Å². The monoisotopic (exact) mass is 386 g/mol. The minimum absolute atomic E-state index is 0.0419. The zero-order chi connectivity index (χ0) is 19.0. The van der Waals surface area contributed by atoms with E-state index in [4.69, 9.17) is 4.74 Å². The molecule has 2 atom stereocenters. The van der Waals surface area contributed by atoms with Gasteiger partial charge < -0.3 is 9.64 Å². The molecule has 3 aromatic rings. The lowest BCUT2D eigenvalue weighted by atomic mass is 10.2. The first kappa shape index (κ1) is 17.8. The molecule has 0 aliphatic carbocycles. The van der Waals surface area contributed by atoms with Gasteiger partial charge in [-0.2, -0.15) is 0 Å². The van der Waals surface area contributed by atoms with Gasteiger partial charge >= 0.3 is 0 Å². The molecule has 1 fully saturated rings. The van der Waals surface area contributed by atoms with Gasteiger partial charge in [0.1, 0.15) is 5.82 Å². The number of thiophene rings is 1. The summed E-state index contributed by atoms with van der Waals surface area (Å²) in [5.74, 6) is 0.00561. The standard InChI is InChI=1S/C19H19FN4O2S/c1-12-10-23(11-13(2)26-12)19(25)17-21-18(16-7-4-8-27-16)24(22-17)15-6-3-5-14(20)9-15/h3-9,12-13H,10-11H2,1-2H3. The second-order valence-electron chi connectivity index (χ2n) is 6.60. The van der Waals surface area contributed by atoms with Gasteiger partial charge in [-0.05, 0) is 43.5 Å². The van der Waals surface area contributed by atoms with Crippen molar-refractivity contribution in [3.63, 3.8) is 0 Å². The lowest BCUT2D eigenvalue weighted by Gasteiger charge is -2.34. The van der Waals surface area contributed by atoms with Crippen LogP contribution in [0.1, 0.15) is 24.5 Å². The molecular formula is C19H19FN4O2S. The Morgan fingerprint density at radius 1 is 1.22 bits per heavy atom. The molecular weight excluding hydrogens is 367 g/mol. The molecule has 140 valence electrons. The number of ether oxygens (including phenoxy) is 1. The Labute approximate surface area is 160 Å². The highest BCUT2D eigenvalue weighted by molar-refractivity contribution is 7.13. The van der Waals surface area contributed by atoms with Gasteiger partial charge in [0.05, 0.1) is 22.8 Å². The largest absolute Gasteiger partial charge is 0.372 e.